The Bertz CT molecular complexity index is 4000. The molecule has 15 rings (SSSR count). The van der Waals surface area contributed by atoms with Gasteiger partial charge < -0.3 is 65.8 Å². The quantitative estimate of drug-likeness (QED) is 0.0283. The molecule has 490 valence electrons. The molecular weight excluding hydrogens is 1220 g/mol. The predicted octanol–water partition coefficient (Wildman–Crippen LogP) is 11.4. The molecule has 3 fully saturated rings. The van der Waals surface area contributed by atoms with Gasteiger partial charge in [0.2, 0.25) is 0 Å². The fourth-order valence-electron chi connectivity index (χ4n) is 18.1. The number of fused-ring (bicyclic) bond motifs is 14. The van der Waals surface area contributed by atoms with Crippen molar-refractivity contribution < 1.29 is 48.9 Å². The maximum absolute atomic E-state index is 14.0. The molecule has 14 nitrogen and oxygen atoms in total. The zero-order valence-electron chi connectivity index (χ0n) is 53.9. The number of nitrogens with two attached hydrogens (primary N) is 1. The largest absolute Gasteiger partial charge is 0.508 e. The Hall–Kier alpha value is -6.83. The summed E-state index contributed by atoms with van der Waals surface area (Å²) in [6, 6.07) is 27.3. The number of aliphatic hydroxyl groups excluding tert-OH is 2. The van der Waals surface area contributed by atoms with Gasteiger partial charge in [-0.25, -0.2) is 0 Å². The molecule has 16 heteroatoms. The number of benzene rings is 5. The molecule has 9 N–H and O–H groups in total. The highest BCUT2D eigenvalue weighted by molar-refractivity contribution is 8.77. The van der Waals surface area contributed by atoms with Crippen molar-refractivity contribution >= 4 is 33.6 Å². The molecule has 15 atom stereocenters. The summed E-state index contributed by atoms with van der Waals surface area (Å²) in [6.45, 7) is 3.71. The average Bonchev–Trinajstić information content (AvgIpc) is 1.45. The predicted molar refractivity (Wildman–Crippen MR) is 368 cm³/mol. The summed E-state index contributed by atoms with van der Waals surface area (Å²) in [5, 5.41) is 59.4. The van der Waals surface area contributed by atoms with Crippen LogP contribution in [0.2, 0.25) is 0 Å². The minimum Gasteiger partial charge on any atom is -0.508 e. The van der Waals surface area contributed by atoms with E-state index in [1.165, 1.54) is 24.5 Å². The number of esters is 1. The van der Waals surface area contributed by atoms with Gasteiger partial charge in [-0.1, -0.05) is 138 Å². The van der Waals surface area contributed by atoms with Gasteiger partial charge in [0.1, 0.15) is 42.0 Å². The first kappa shape index (κ1) is 63.2. The van der Waals surface area contributed by atoms with Crippen molar-refractivity contribution in [2.75, 3.05) is 46.0 Å². The molecule has 10 aliphatic rings. The Morgan fingerprint density at radius 2 is 1.80 bits per heavy atom. The number of phenols is 2. The van der Waals surface area contributed by atoms with E-state index in [9.17, 15) is 25.2 Å². The highest BCUT2D eigenvalue weighted by Gasteiger charge is 2.54. The molecule has 1 spiro atoms. The van der Waals surface area contributed by atoms with Gasteiger partial charge in [0.25, 0.3) is 0 Å². The lowest BCUT2D eigenvalue weighted by molar-refractivity contribution is -0.141. The van der Waals surface area contributed by atoms with Crippen LogP contribution >= 0.6 is 21.6 Å². The molecule has 11 bridgehead atoms. The van der Waals surface area contributed by atoms with Gasteiger partial charge in [0, 0.05) is 108 Å². The van der Waals surface area contributed by atoms with Crippen molar-refractivity contribution in [1.82, 2.24) is 16.0 Å². The van der Waals surface area contributed by atoms with Gasteiger partial charge in [0.15, 0.2) is 18.3 Å². The number of hydrogen-bond donors (Lipinski definition) is 8. The van der Waals surface area contributed by atoms with Crippen LogP contribution in [0.5, 0.6) is 28.7 Å². The summed E-state index contributed by atoms with van der Waals surface area (Å²) in [6.07, 6.45) is 15.1. The highest BCUT2D eigenvalue weighted by Crippen LogP contribution is 2.65. The van der Waals surface area contributed by atoms with Crippen LogP contribution in [-0.4, -0.2) is 102 Å². The number of carbonyl (C=O) groups excluding carboxylic acids is 1. The van der Waals surface area contributed by atoms with Crippen LogP contribution in [-0.2, 0) is 51.9 Å². The monoisotopic (exact) mass is 1300 g/mol. The zero-order chi connectivity index (χ0) is 64.4. The fraction of sp³-hybridized carbons (Fsp3) is 0.474. The van der Waals surface area contributed by atoms with Gasteiger partial charge in [-0.2, -0.15) is 0 Å². The number of ether oxygens (including phenoxy) is 5. The summed E-state index contributed by atoms with van der Waals surface area (Å²) in [4.78, 5) is 13.5. The highest BCUT2D eigenvalue weighted by atomic mass is 33.1. The average molecular weight is 1300 g/mol. The molecule has 0 aromatic heterocycles. The molecule has 15 unspecified atom stereocenters. The maximum Gasteiger partial charge on any atom is 0.302 e. The Kier molecular flexibility index (Phi) is 17.9. The summed E-state index contributed by atoms with van der Waals surface area (Å²) < 4.78 is 34.5. The van der Waals surface area contributed by atoms with Crippen LogP contribution in [0.3, 0.4) is 0 Å². The fourth-order valence-corrected chi connectivity index (χ4v) is 21.3. The van der Waals surface area contributed by atoms with Crippen LogP contribution in [0.25, 0.3) is 17.2 Å². The molecule has 4 aliphatic carbocycles. The molecule has 5 aromatic rings. The third kappa shape index (κ3) is 11.8. The van der Waals surface area contributed by atoms with Crippen molar-refractivity contribution in [2.45, 2.75) is 150 Å². The SMILES string of the molecule is CCC1=CC2=C(C#CC3C#CC4Cc5cccc(c5)CC2C2CCC5(Cc6cc(O)cc(OCO)c6-c6ccc7c(c65)OC(c5c6c(c(O)c(c53)CNCC(CO)C4COC)OC3C(C=C6)NC4CCCC(CSSC3Cc3ccccc3)C4)C7COC(C)=O)C2)NC1N. The van der Waals surface area contributed by atoms with E-state index in [1.807, 2.05) is 27.7 Å². The topological polar surface area (TPSA) is 206 Å². The van der Waals surface area contributed by atoms with E-state index in [0.29, 0.717) is 72.3 Å². The summed E-state index contributed by atoms with van der Waals surface area (Å²) in [5.74, 6) is 15.8. The van der Waals surface area contributed by atoms with E-state index in [1.54, 1.807) is 13.2 Å². The Morgan fingerprint density at radius 1 is 0.936 bits per heavy atom. The third-order valence-corrected chi connectivity index (χ3v) is 25.5. The van der Waals surface area contributed by atoms with E-state index in [2.05, 4.69) is 132 Å². The van der Waals surface area contributed by atoms with Crippen molar-refractivity contribution in [3.8, 4) is 63.6 Å². The Morgan fingerprint density at radius 3 is 2.62 bits per heavy atom. The Labute approximate surface area is 560 Å². The zero-order valence-corrected chi connectivity index (χ0v) is 55.5. The first-order valence-electron chi connectivity index (χ1n) is 34.2. The molecule has 6 heterocycles. The van der Waals surface area contributed by atoms with Gasteiger partial charge in [-0.3, -0.25) is 4.79 Å². The molecule has 0 amide bonds. The summed E-state index contributed by atoms with van der Waals surface area (Å²) >= 11 is 0. The number of nitrogens with one attached hydrogen (secondary N) is 3. The first-order valence-corrected chi connectivity index (χ1v) is 36.6. The molecule has 6 aliphatic heterocycles. The lowest BCUT2D eigenvalue weighted by Crippen LogP contribution is -2.52. The van der Waals surface area contributed by atoms with Crippen molar-refractivity contribution in [3.05, 3.63) is 163 Å². The number of hydrogen-bond acceptors (Lipinski definition) is 16. The number of aromatic hydroxyl groups is 2. The lowest BCUT2D eigenvalue weighted by atomic mass is 9.64. The van der Waals surface area contributed by atoms with Gasteiger partial charge >= 0.3 is 5.97 Å². The number of dihydropyridines is 1. The normalized spacial score (nSPS) is 30.9. The van der Waals surface area contributed by atoms with Crippen molar-refractivity contribution in [1.29, 1.82) is 0 Å². The molecule has 0 radical (unpaired) electrons. The second-order valence-corrected chi connectivity index (χ2v) is 30.7. The van der Waals surface area contributed by atoms with Crippen molar-refractivity contribution in [3.63, 3.8) is 0 Å². The molecule has 1 saturated heterocycles. The lowest BCUT2D eigenvalue weighted by Gasteiger charge is -2.40. The standard InChI is InChI=1S/C78H86N4O10S2/c1-4-48-32-60-59-29-46-13-8-12-45(26-46)27-50-17-16-49(18-22-64(60)82-77(48)79)69-61(37-80-36-53(38-83)62(50)39-88-3)72(87)75-58(21-23-65-76(92-75)67(30-44-10-6-5-7-11-44)94-93-41-47-14-9-15-54(28-47)81-65)70(69)73-63(40-89-43(2)85)56-19-20-57-68-52(31-55(86)33-66(68)90-42-84)35-78(25-24-51(59)34-78)71(57)74(56)91-73/h5-8,10-13,19-21,23,26,31-33,47,49-51,53-54,59,62-63,65,67,73,76-77,80-84,86-87H,4,9,14-15,24-25,27-30,34-42,79H2,1-3H3. The van der Waals surface area contributed by atoms with Gasteiger partial charge in [-0.15, -0.1) is 0 Å². The second kappa shape index (κ2) is 26.6. The van der Waals surface area contributed by atoms with E-state index in [-0.39, 0.29) is 78.2 Å². The number of carbonyl (C=O) groups is 1. The molecular formula is C78H86N4O10S2. The molecule has 2 saturated carbocycles. The van der Waals surface area contributed by atoms with E-state index < -0.39 is 48.4 Å². The van der Waals surface area contributed by atoms with E-state index in [4.69, 9.17) is 29.4 Å². The van der Waals surface area contributed by atoms with Crippen LogP contribution in [0, 0.1) is 59.2 Å². The third-order valence-electron chi connectivity index (χ3n) is 22.5. The molecule has 5 aromatic carbocycles. The maximum atomic E-state index is 14.0. The van der Waals surface area contributed by atoms with Gasteiger partial charge in [-0.05, 0) is 145 Å². The summed E-state index contributed by atoms with van der Waals surface area (Å²) in [7, 11) is 5.55. The van der Waals surface area contributed by atoms with E-state index in [0.717, 1.165) is 113 Å². The van der Waals surface area contributed by atoms with Crippen LogP contribution in [0.4, 0.5) is 0 Å². The van der Waals surface area contributed by atoms with Crippen LogP contribution < -0.4 is 35.9 Å². The second-order valence-electron chi connectivity index (χ2n) is 28.1. The Balaban J connectivity index is 1.06. The minimum absolute atomic E-state index is 0.0229. The van der Waals surface area contributed by atoms with Crippen LogP contribution in [0.15, 0.2) is 108 Å². The van der Waals surface area contributed by atoms with E-state index >= 15 is 0 Å². The number of methoxy groups -OCH3 is 1. The molecule has 94 heavy (non-hydrogen) atoms. The number of aliphatic hydroxyl groups is 2. The number of rotatable bonds is 10. The minimum atomic E-state index is -0.899. The van der Waals surface area contributed by atoms with Crippen molar-refractivity contribution in [2.24, 2.45) is 41.2 Å². The summed E-state index contributed by atoms with van der Waals surface area (Å²) in [5.41, 5.74) is 20.2. The smallest absolute Gasteiger partial charge is 0.302 e. The number of allylic oxidation sites excluding steroid dienone is 3. The first-order chi connectivity index (χ1) is 45.9. The van der Waals surface area contributed by atoms with Gasteiger partial charge in [0.05, 0.1) is 35.7 Å². The van der Waals surface area contributed by atoms with Crippen LogP contribution in [0.1, 0.15) is 139 Å². The number of phenolic OH excluding ortho intramolecular Hbond substituents is 2.